The van der Waals surface area contributed by atoms with Gasteiger partial charge in [-0.1, -0.05) is 24.3 Å². The second-order valence-electron chi connectivity index (χ2n) is 4.26. The maximum Gasteiger partial charge on any atom is 0.274 e. The van der Waals surface area contributed by atoms with E-state index in [1.807, 2.05) is 24.3 Å². The Labute approximate surface area is 110 Å². The molecule has 0 aliphatic heterocycles. The van der Waals surface area contributed by atoms with E-state index in [0.717, 1.165) is 11.1 Å². The number of aliphatic hydroxyl groups excluding tert-OH is 1. The van der Waals surface area contributed by atoms with Gasteiger partial charge >= 0.3 is 0 Å². The molecule has 0 unspecified atom stereocenters. The van der Waals surface area contributed by atoms with Crippen molar-refractivity contribution in [1.82, 2.24) is 15.1 Å². The summed E-state index contributed by atoms with van der Waals surface area (Å²) in [5.41, 5.74) is 8.05. The summed E-state index contributed by atoms with van der Waals surface area (Å²) in [4.78, 5) is 11.9. The number of nitrogens with one attached hydrogen (secondary N) is 1. The van der Waals surface area contributed by atoms with Gasteiger partial charge in [0.05, 0.1) is 12.3 Å². The van der Waals surface area contributed by atoms with Crippen LogP contribution in [-0.2, 0) is 20.2 Å². The van der Waals surface area contributed by atoms with Crippen molar-refractivity contribution >= 4 is 11.6 Å². The van der Waals surface area contributed by atoms with Crippen LogP contribution < -0.4 is 11.1 Å². The molecule has 6 nitrogen and oxygen atoms in total. The summed E-state index contributed by atoms with van der Waals surface area (Å²) >= 11 is 0. The van der Waals surface area contributed by atoms with Crippen LogP contribution >= 0.6 is 0 Å². The molecule has 0 spiro atoms. The van der Waals surface area contributed by atoms with Crippen molar-refractivity contribution in [2.45, 2.75) is 13.2 Å². The van der Waals surface area contributed by atoms with E-state index in [1.54, 1.807) is 13.2 Å². The van der Waals surface area contributed by atoms with Crippen LogP contribution in [0.5, 0.6) is 0 Å². The fourth-order valence-corrected chi connectivity index (χ4v) is 1.71. The van der Waals surface area contributed by atoms with E-state index < -0.39 is 0 Å². The fraction of sp³-hybridized carbons (Fsp3) is 0.231. The third-order valence-electron chi connectivity index (χ3n) is 2.73. The van der Waals surface area contributed by atoms with E-state index in [1.165, 1.54) is 4.68 Å². The largest absolute Gasteiger partial charge is 0.396 e. The van der Waals surface area contributed by atoms with Gasteiger partial charge in [0.2, 0.25) is 0 Å². The average Bonchev–Trinajstić information content (AvgIpc) is 2.75. The number of nitrogens with two attached hydrogens (primary N) is 1. The molecule has 2 aromatic rings. The zero-order valence-electron chi connectivity index (χ0n) is 10.6. The van der Waals surface area contributed by atoms with Gasteiger partial charge in [-0.25, -0.2) is 0 Å². The summed E-state index contributed by atoms with van der Waals surface area (Å²) in [6.45, 7) is 0.400. The van der Waals surface area contributed by atoms with Crippen molar-refractivity contribution in [2.24, 2.45) is 7.05 Å². The van der Waals surface area contributed by atoms with Crippen molar-refractivity contribution in [2.75, 3.05) is 5.73 Å². The van der Waals surface area contributed by atoms with Crippen LogP contribution in [0.25, 0.3) is 0 Å². The number of hydrogen-bond acceptors (Lipinski definition) is 4. The summed E-state index contributed by atoms with van der Waals surface area (Å²) in [5, 5.41) is 15.7. The first-order valence-corrected chi connectivity index (χ1v) is 5.86. The van der Waals surface area contributed by atoms with Crippen molar-refractivity contribution in [3.63, 3.8) is 0 Å². The van der Waals surface area contributed by atoms with Crippen LogP contribution in [0, 0.1) is 0 Å². The molecule has 6 heteroatoms. The van der Waals surface area contributed by atoms with E-state index in [9.17, 15) is 4.79 Å². The maximum atomic E-state index is 11.9. The molecular weight excluding hydrogens is 244 g/mol. The lowest BCUT2D eigenvalue weighted by molar-refractivity contribution is 0.0946. The first kappa shape index (κ1) is 13.1. The van der Waals surface area contributed by atoms with Crippen LogP contribution in [-0.4, -0.2) is 20.8 Å². The Kier molecular flexibility index (Phi) is 3.82. The summed E-state index contributed by atoms with van der Waals surface area (Å²) < 4.78 is 1.50. The van der Waals surface area contributed by atoms with Gasteiger partial charge in [0.1, 0.15) is 0 Å². The van der Waals surface area contributed by atoms with Crippen LogP contribution in [0.1, 0.15) is 21.6 Å². The van der Waals surface area contributed by atoms with Crippen molar-refractivity contribution in [1.29, 1.82) is 0 Å². The van der Waals surface area contributed by atoms with E-state index in [4.69, 9.17) is 10.8 Å². The molecular formula is C13H16N4O2. The number of rotatable bonds is 4. The number of aromatic nitrogens is 2. The summed E-state index contributed by atoms with van der Waals surface area (Å²) in [6.07, 6.45) is 1.59. The SMILES string of the molecule is Cn1cc(N)c(C(=O)NCc2ccc(CO)cc2)n1. The van der Waals surface area contributed by atoms with Crippen LogP contribution in [0.15, 0.2) is 30.5 Å². The van der Waals surface area contributed by atoms with E-state index >= 15 is 0 Å². The quantitative estimate of drug-likeness (QED) is 0.743. The Bertz CT molecular complexity index is 575. The van der Waals surface area contributed by atoms with E-state index in [-0.39, 0.29) is 18.2 Å². The van der Waals surface area contributed by atoms with Gasteiger partial charge in [0.25, 0.3) is 5.91 Å². The number of aliphatic hydroxyl groups is 1. The van der Waals surface area contributed by atoms with Gasteiger partial charge in [-0.2, -0.15) is 5.10 Å². The molecule has 1 aromatic heterocycles. The number of carbonyl (C=O) groups excluding carboxylic acids is 1. The van der Waals surface area contributed by atoms with Gasteiger partial charge in [-0.15, -0.1) is 0 Å². The predicted octanol–water partition coefficient (Wildman–Crippen LogP) is 0.425. The lowest BCUT2D eigenvalue weighted by atomic mass is 10.1. The molecule has 0 saturated heterocycles. The Hall–Kier alpha value is -2.34. The minimum atomic E-state index is -0.302. The maximum absolute atomic E-state index is 11.9. The van der Waals surface area contributed by atoms with Gasteiger partial charge in [-0.3, -0.25) is 9.48 Å². The zero-order valence-corrected chi connectivity index (χ0v) is 10.6. The number of amides is 1. The zero-order chi connectivity index (χ0) is 13.8. The highest BCUT2D eigenvalue weighted by Gasteiger charge is 2.13. The number of hydrogen-bond donors (Lipinski definition) is 3. The molecule has 4 N–H and O–H groups in total. The number of nitrogens with zero attached hydrogens (tertiary/aromatic N) is 2. The van der Waals surface area contributed by atoms with Crippen LogP contribution in [0.3, 0.4) is 0 Å². The number of carbonyl (C=O) groups is 1. The molecule has 1 heterocycles. The van der Waals surface area contributed by atoms with Crippen LogP contribution in [0.2, 0.25) is 0 Å². The molecule has 19 heavy (non-hydrogen) atoms. The molecule has 0 radical (unpaired) electrons. The second-order valence-corrected chi connectivity index (χ2v) is 4.26. The highest BCUT2D eigenvalue weighted by atomic mass is 16.3. The van der Waals surface area contributed by atoms with Gasteiger partial charge < -0.3 is 16.2 Å². The molecule has 2 rings (SSSR count). The Balaban J connectivity index is 1.98. The summed E-state index contributed by atoms with van der Waals surface area (Å²) in [5.74, 6) is -0.302. The molecule has 0 aliphatic carbocycles. The Morgan fingerprint density at radius 1 is 1.37 bits per heavy atom. The van der Waals surface area contributed by atoms with Gasteiger partial charge in [0.15, 0.2) is 5.69 Å². The van der Waals surface area contributed by atoms with Crippen molar-refractivity contribution < 1.29 is 9.90 Å². The monoisotopic (exact) mass is 260 g/mol. The highest BCUT2D eigenvalue weighted by molar-refractivity contribution is 5.96. The first-order chi connectivity index (χ1) is 9.10. The third kappa shape index (κ3) is 3.11. The van der Waals surface area contributed by atoms with Crippen molar-refractivity contribution in [3.8, 4) is 0 Å². The topological polar surface area (TPSA) is 93.2 Å². The standard InChI is InChI=1S/C13H16N4O2/c1-17-7-11(14)12(16-17)13(19)15-6-9-2-4-10(8-18)5-3-9/h2-5,7,18H,6,8,14H2,1H3,(H,15,19). The smallest absolute Gasteiger partial charge is 0.274 e. The molecule has 0 aliphatic rings. The molecule has 0 fully saturated rings. The number of benzene rings is 1. The lowest BCUT2D eigenvalue weighted by Crippen LogP contribution is -2.24. The normalized spacial score (nSPS) is 10.4. The number of anilines is 1. The van der Waals surface area contributed by atoms with Crippen molar-refractivity contribution in [3.05, 3.63) is 47.3 Å². The average molecular weight is 260 g/mol. The Morgan fingerprint density at radius 2 is 2.00 bits per heavy atom. The summed E-state index contributed by atoms with van der Waals surface area (Å²) in [6, 6.07) is 7.34. The van der Waals surface area contributed by atoms with E-state index in [2.05, 4.69) is 10.4 Å². The highest BCUT2D eigenvalue weighted by Crippen LogP contribution is 2.08. The predicted molar refractivity (Wildman–Crippen MR) is 71.2 cm³/mol. The number of aryl methyl sites for hydroxylation is 1. The van der Waals surface area contributed by atoms with Gasteiger partial charge in [-0.05, 0) is 11.1 Å². The minimum absolute atomic E-state index is 0.0110. The fourth-order valence-electron chi connectivity index (χ4n) is 1.71. The second kappa shape index (κ2) is 5.53. The molecule has 0 atom stereocenters. The Morgan fingerprint density at radius 3 is 2.53 bits per heavy atom. The summed E-state index contributed by atoms with van der Waals surface area (Å²) in [7, 11) is 1.71. The van der Waals surface area contributed by atoms with Crippen LogP contribution in [0.4, 0.5) is 5.69 Å². The van der Waals surface area contributed by atoms with Gasteiger partial charge in [0, 0.05) is 19.8 Å². The molecule has 1 amide bonds. The molecule has 1 aromatic carbocycles. The molecule has 100 valence electrons. The molecule has 0 bridgehead atoms. The van der Waals surface area contributed by atoms with E-state index in [0.29, 0.717) is 12.2 Å². The third-order valence-corrected chi connectivity index (χ3v) is 2.73. The number of nitrogen functional groups attached to an aromatic ring is 1. The molecule has 0 saturated carbocycles. The lowest BCUT2D eigenvalue weighted by Gasteiger charge is -2.05. The minimum Gasteiger partial charge on any atom is -0.396 e. The first-order valence-electron chi connectivity index (χ1n) is 5.86.